The molecule has 0 saturated carbocycles. The number of nitrogens with zero attached hydrogens (tertiary/aromatic N) is 2. The average Bonchev–Trinajstić information content (AvgIpc) is 2.62. The van der Waals surface area contributed by atoms with Crippen LogP contribution in [0, 0.1) is 0 Å². The summed E-state index contributed by atoms with van der Waals surface area (Å²) in [6, 6.07) is 4.74. The molecule has 0 saturated heterocycles. The first-order chi connectivity index (χ1) is 9.59. The van der Waals surface area contributed by atoms with E-state index in [0.29, 0.717) is 22.8 Å². The number of aromatic hydroxyl groups is 1. The van der Waals surface area contributed by atoms with Gasteiger partial charge in [-0.1, -0.05) is 29.3 Å². The number of rotatable bonds is 1. The molecule has 0 aliphatic carbocycles. The Balaban J connectivity index is 2.19. The average molecular weight is 313 g/mol. The van der Waals surface area contributed by atoms with Gasteiger partial charge in [-0.15, -0.1) is 0 Å². The van der Waals surface area contributed by atoms with Gasteiger partial charge < -0.3 is 5.11 Å². The molecule has 2 aromatic rings. The van der Waals surface area contributed by atoms with Gasteiger partial charge in [-0.2, -0.15) is 0 Å². The smallest absolute Gasteiger partial charge is 0.276 e. The first kappa shape index (κ1) is 13.6. The zero-order valence-corrected chi connectivity index (χ0v) is 12.3. The standard InChI is InChI=1S/C14H14Cl2N2O2/c15-10-5-4-9(8-11(10)19)12-13(16)17-6-2-1-3-7-18(17)14(12)20/h4-5,8,19H,1-3,6-7H2. The maximum absolute atomic E-state index is 12.5. The van der Waals surface area contributed by atoms with Crippen LogP contribution in [0.4, 0.5) is 0 Å². The fraction of sp³-hybridized carbons (Fsp3) is 0.357. The Labute approximate surface area is 126 Å². The number of hydrogen-bond acceptors (Lipinski definition) is 2. The number of hydrogen-bond donors (Lipinski definition) is 1. The lowest BCUT2D eigenvalue weighted by Gasteiger charge is -2.07. The molecule has 0 spiro atoms. The zero-order valence-electron chi connectivity index (χ0n) is 10.8. The van der Waals surface area contributed by atoms with E-state index in [1.54, 1.807) is 16.8 Å². The summed E-state index contributed by atoms with van der Waals surface area (Å²) in [5.74, 6) is -0.0500. The lowest BCUT2D eigenvalue weighted by atomic mass is 10.1. The molecule has 0 fully saturated rings. The van der Waals surface area contributed by atoms with Gasteiger partial charge in [0.25, 0.3) is 5.56 Å². The first-order valence-corrected chi connectivity index (χ1v) is 7.33. The second-order valence-corrected chi connectivity index (χ2v) is 5.71. The maximum atomic E-state index is 12.5. The Kier molecular flexibility index (Phi) is 3.52. The van der Waals surface area contributed by atoms with Gasteiger partial charge in [0.15, 0.2) is 0 Å². The third-order valence-corrected chi connectivity index (χ3v) is 4.35. The summed E-state index contributed by atoms with van der Waals surface area (Å²) in [4.78, 5) is 12.5. The summed E-state index contributed by atoms with van der Waals surface area (Å²) < 4.78 is 3.52. The molecule has 1 aromatic carbocycles. The highest BCUT2D eigenvalue weighted by Gasteiger charge is 2.21. The summed E-state index contributed by atoms with van der Waals surface area (Å²) >= 11 is 12.2. The predicted octanol–water partition coefficient (Wildman–Crippen LogP) is 3.51. The number of phenols is 1. The quantitative estimate of drug-likeness (QED) is 0.876. The molecule has 0 bridgehead atoms. The highest BCUT2D eigenvalue weighted by Crippen LogP contribution is 2.32. The minimum absolute atomic E-state index is 0.0500. The zero-order chi connectivity index (χ0) is 14.3. The monoisotopic (exact) mass is 312 g/mol. The molecule has 1 aliphatic heterocycles. The second kappa shape index (κ2) is 5.19. The summed E-state index contributed by atoms with van der Waals surface area (Å²) in [6.07, 6.45) is 3.09. The third-order valence-electron chi connectivity index (χ3n) is 3.65. The number of halogens is 2. The van der Waals surface area contributed by atoms with E-state index in [1.807, 2.05) is 4.68 Å². The van der Waals surface area contributed by atoms with Gasteiger partial charge in [-0.05, 0) is 37.0 Å². The van der Waals surface area contributed by atoms with Gasteiger partial charge in [0.05, 0.1) is 10.6 Å². The van der Waals surface area contributed by atoms with Crippen molar-refractivity contribution in [3.63, 3.8) is 0 Å². The van der Waals surface area contributed by atoms with E-state index < -0.39 is 0 Å². The van der Waals surface area contributed by atoms with Crippen molar-refractivity contribution in [2.24, 2.45) is 0 Å². The van der Waals surface area contributed by atoms with Crippen molar-refractivity contribution in [3.05, 3.63) is 38.7 Å². The van der Waals surface area contributed by atoms with Crippen LogP contribution in [0.15, 0.2) is 23.0 Å². The molecule has 0 atom stereocenters. The van der Waals surface area contributed by atoms with Crippen LogP contribution in [-0.4, -0.2) is 14.5 Å². The van der Waals surface area contributed by atoms with Crippen molar-refractivity contribution < 1.29 is 5.11 Å². The highest BCUT2D eigenvalue weighted by atomic mass is 35.5. The molecular formula is C14H14Cl2N2O2. The molecule has 20 heavy (non-hydrogen) atoms. The van der Waals surface area contributed by atoms with E-state index in [-0.39, 0.29) is 16.3 Å². The molecule has 4 nitrogen and oxygen atoms in total. The molecule has 3 rings (SSSR count). The van der Waals surface area contributed by atoms with Crippen LogP contribution in [0.25, 0.3) is 11.1 Å². The molecular weight excluding hydrogens is 299 g/mol. The molecule has 0 radical (unpaired) electrons. The van der Waals surface area contributed by atoms with E-state index in [1.165, 1.54) is 6.07 Å². The van der Waals surface area contributed by atoms with Crippen LogP contribution in [0.2, 0.25) is 10.2 Å². The van der Waals surface area contributed by atoms with E-state index >= 15 is 0 Å². The maximum Gasteiger partial charge on any atom is 0.276 e. The minimum Gasteiger partial charge on any atom is -0.506 e. The fourth-order valence-corrected chi connectivity index (χ4v) is 3.10. The largest absolute Gasteiger partial charge is 0.506 e. The Bertz CT molecular complexity index is 719. The van der Waals surface area contributed by atoms with Gasteiger partial charge in [0.1, 0.15) is 10.9 Å². The summed E-state index contributed by atoms with van der Waals surface area (Å²) in [7, 11) is 0. The van der Waals surface area contributed by atoms with E-state index in [0.717, 1.165) is 25.8 Å². The van der Waals surface area contributed by atoms with Gasteiger partial charge in [0.2, 0.25) is 0 Å². The molecule has 1 aromatic heterocycles. The molecule has 1 N–H and O–H groups in total. The van der Waals surface area contributed by atoms with Crippen LogP contribution >= 0.6 is 23.2 Å². The predicted molar refractivity (Wildman–Crippen MR) is 79.7 cm³/mol. The van der Waals surface area contributed by atoms with Gasteiger partial charge >= 0.3 is 0 Å². The molecule has 0 unspecified atom stereocenters. The van der Waals surface area contributed by atoms with Crippen LogP contribution < -0.4 is 5.56 Å². The minimum atomic E-state index is -0.112. The fourth-order valence-electron chi connectivity index (χ4n) is 2.61. The Hall–Kier alpha value is -1.39. The van der Waals surface area contributed by atoms with Crippen molar-refractivity contribution >= 4 is 23.2 Å². The number of benzene rings is 1. The molecule has 6 heteroatoms. The Morgan fingerprint density at radius 3 is 2.45 bits per heavy atom. The van der Waals surface area contributed by atoms with Crippen molar-refractivity contribution in [2.45, 2.75) is 32.4 Å². The number of phenolic OH excluding ortho intramolecular Hbond substituents is 1. The van der Waals surface area contributed by atoms with Crippen LogP contribution in [-0.2, 0) is 13.1 Å². The summed E-state index contributed by atoms with van der Waals surface area (Å²) in [5.41, 5.74) is 0.911. The molecule has 0 amide bonds. The highest BCUT2D eigenvalue weighted by molar-refractivity contribution is 6.33. The lowest BCUT2D eigenvalue weighted by Crippen LogP contribution is -2.22. The summed E-state index contributed by atoms with van der Waals surface area (Å²) in [6.45, 7) is 1.42. The number of aromatic nitrogens is 2. The Morgan fingerprint density at radius 1 is 1.05 bits per heavy atom. The van der Waals surface area contributed by atoms with Crippen molar-refractivity contribution in [2.75, 3.05) is 0 Å². The summed E-state index contributed by atoms with van der Waals surface area (Å²) in [5, 5.41) is 10.4. The SMILES string of the molecule is O=c1c(-c2ccc(Cl)c(O)c2)c(Cl)n2n1CCCCC2. The first-order valence-electron chi connectivity index (χ1n) is 6.57. The van der Waals surface area contributed by atoms with E-state index in [4.69, 9.17) is 23.2 Å². The third kappa shape index (κ3) is 2.13. The van der Waals surface area contributed by atoms with Crippen molar-refractivity contribution in [1.29, 1.82) is 0 Å². The van der Waals surface area contributed by atoms with Crippen molar-refractivity contribution in [1.82, 2.24) is 9.36 Å². The van der Waals surface area contributed by atoms with Crippen LogP contribution in [0.3, 0.4) is 0 Å². The van der Waals surface area contributed by atoms with Crippen LogP contribution in [0.5, 0.6) is 5.75 Å². The van der Waals surface area contributed by atoms with Crippen LogP contribution in [0.1, 0.15) is 19.3 Å². The van der Waals surface area contributed by atoms with Gasteiger partial charge in [-0.25, -0.2) is 4.68 Å². The lowest BCUT2D eigenvalue weighted by molar-refractivity contribution is 0.476. The topological polar surface area (TPSA) is 47.2 Å². The van der Waals surface area contributed by atoms with Gasteiger partial charge in [-0.3, -0.25) is 9.48 Å². The van der Waals surface area contributed by atoms with E-state index in [9.17, 15) is 9.90 Å². The van der Waals surface area contributed by atoms with E-state index in [2.05, 4.69) is 0 Å². The molecule has 2 heterocycles. The van der Waals surface area contributed by atoms with Crippen molar-refractivity contribution in [3.8, 4) is 16.9 Å². The molecule has 1 aliphatic rings. The second-order valence-electron chi connectivity index (χ2n) is 4.94. The van der Waals surface area contributed by atoms with Gasteiger partial charge in [0, 0.05) is 13.1 Å². The number of fused-ring (bicyclic) bond motifs is 1. The normalized spacial score (nSPS) is 14.9. The Morgan fingerprint density at radius 2 is 1.75 bits per heavy atom. The molecule has 106 valence electrons.